The molecule has 0 spiro atoms. The number of amides is 2. The number of nitrogens with one attached hydrogen (secondary N) is 2. The maximum absolute atomic E-state index is 11.9. The molecule has 0 aliphatic carbocycles. The number of unbranched alkanes of at least 4 members (excludes halogenated alkanes) is 1. The minimum absolute atomic E-state index is 0. The molecule has 1 atom stereocenters. The zero-order valence-electron chi connectivity index (χ0n) is 15.2. The number of alkyl carbamates (subject to hydrolysis) is 1. The van der Waals surface area contributed by atoms with Gasteiger partial charge in [0, 0.05) is 6.54 Å². The van der Waals surface area contributed by atoms with Crippen LogP contribution in [-0.2, 0) is 19.1 Å². The van der Waals surface area contributed by atoms with E-state index >= 15 is 0 Å². The molecule has 0 rings (SSSR count). The van der Waals surface area contributed by atoms with E-state index in [9.17, 15) is 14.4 Å². The number of carbonyl (C=O) groups excluding carboxylic acids is 3. The maximum Gasteiger partial charge on any atom is 0.407 e. The van der Waals surface area contributed by atoms with E-state index in [-0.39, 0.29) is 0 Å². The Kier molecular flexibility index (Phi) is 9.85. The fourth-order valence-corrected chi connectivity index (χ4v) is 1.67. The van der Waals surface area contributed by atoms with E-state index in [1.54, 1.807) is 41.5 Å². The Morgan fingerprint density at radius 2 is 1.54 bits per heavy atom. The molecule has 24 heavy (non-hydrogen) atoms. The molecule has 1 unspecified atom stereocenters. The standard InChI is InChI=1S/C16H29N2O5.Fm/c1-15(2,3)22-13(20)12(18-11-19)9-7-8-10-17-14(21)23-16(4,5)6;/h12H,7-10H2,1-6H3,(H,17,21)(H,18,19);/q-1;. The van der Waals surface area contributed by atoms with Crippen LogP contribution >= 0.6 is 0 Å². The van der Waals surface area contributed by atoms with Crippen molar-refractivity contribution in [1.29, 1.82) is 0 Å². The summed E-state index contributed by atoms with van der Waals surface area (Å²) in [7, 11) is 0. The van der Waals surface area contributed by atoms with Crippen LogP contribution in [0.4, 0.5) is 4.79 Å². The third-order valence-electron chi connectivity index (χ3n) is 2.51. The molecule has 0 radical (unpaired) electrons. The first-order valence-corrected chi connectivity index (χ1v) is 7.77. The van der Waals surface area contributed by atoms with Crippen LogP contribution in [0.15, 0.2) is 0 Å². The van der Waals surface area contributed by atoms with Gasteiger partial charge in [0.05, 0.1) is 6.04 Å². The van der Waals surface area contributed by atoms with Crippen molar-refractivity contribution >= 4 is 18.5 Å². The van der Waals surface area contributed by atoms with Gasteiger partial charge in [-0.05, 0) is 60.8 Å². The summed E-state index contributed by atoms with van der Waals surface area (Å²) in [5, 5.41) is 4.98. The molecular weight excluding hydrogens is 557 g/mol. The zero-order valence-corrected chi connectivity index (χ0v) is 17.6. The van der Waals surface area contributed by atoms with E-state index in [2.05, 4.69) is 10.6 Å². The quantitative estimate of drug-likeness (QED) is 0.197. The second-order valence-corrected chi connectivity index (χ2v) is 7.26. The Labute approximate surface area is 138 Å². The van der Waals surface area contributed by atoms with Crippen molar-refractivity contribution in [1.82, 2.24) is 10.6 Å². The molecule has 0 aliphatic heterocycles. The van der Waals surface area contributed by atoms with Crippen molar-refractivity contribution in [2.24, 2.45) is 0 Å². The average Bonchev–Trinajstić information content (AvgIpc) is 2.32. The summed E-state index contributed by atoms with van der Waals surface area (Å²) in [4.78, 5) is 33.9. The summed E-state index contributed by atoms with van der Waals surface area (Å²) in [5.74, 6) is -0.485. The molecular formula is C16H29FmN2O5-. The Bertz CT molecular complexity index is 402. The molecule has 2 amide bonds. The van der Waals surface area contributed by atoms with Gasteiger partial charge >= 0.3 is 12.1 Å². The van der Waals surface area contributed by atoms with E-state index in [4.69, 9.17) is 9.47 Å². The summed E-state index contributed by atoms with van der Waals surface area (Å²) in [5.41, 5.74) is -1.15. The smallest absolute Gasteiger partial charge is 0.407 e. The molecule has 7 nitrogen and oxygen atoms in total. The van der Waals surface area contributed by atoms with Gasteiger partial charge < -0.3 is 24.9 Å². The van der Waals surface area contributed by atoms with Crippen molar-refractivity contribution < 1.29 is 23.9 Å². The minimum atomic E-state index is -0.728. The zero-order chi connectivity index (χ0) is 18.1. The van der Waals surface area contributed by atoms with E-state index in [1.165, 1.54) is 6.41 Å². The van der Waals surface area contributed by atoms with E-state index in [0.29, 0.717) is 25.8 Å². The van der Waals surface area contributed by atoms with Crippen molar-refractivity contribution in [2.75, 3.05) is 6.54 Å². The molecule has 0 fully saturated rings. The van der Waals surface area contributed by atoms with Gasteiger partial charge in [-0.3, -0.25) is 0 Å². The Morgan fingerprint density at radius 1 is 1.00 bits per heavy atom. The number of ether oxygens (including phenoxy) is 2. The number of esters is 1. The van der Waals surface area contributed by atoms with Gasteiger partial charge in [-0.25, -0.2) is 9.59 Å². The molecule has 2 N–H and O–H groups in total. The van der Waals surface area contributed by atoms with Crippen molar-refractivity contribution in [3.63, 3.8) is 0 Å². The summed E-state index contributed by atoms with van der Waals surface area (Å²) >= 11 is 0. The number of hydrogen-bond donors (Lipinski definition) is 2. The van der Waals surface area contributed by atoms with Gasteiger partial charge in [0.25, 0.3) is 0 Å². The van der Waals surface area contributed by atoms with Crippen molar-refractivity contribution in [3.8, 4) is 0 Å². The van der Waals surface area contributed by atoms with Crippen LogP contribution in [0.3, 0.4) is 0 Å². The number of rotatable bonds is 8. The normalized spacial score (nSPS) is 12.4. The van der Waals surface area contributed by atoms with Crippen LogP contribution < -0.4 is 10.6 Å². The van der Waals surface area contributed by atoms with Gasteiger partial charge in [-0.2, -0.15) is 6.41 Å². The SMILES string of the molecule is CC(C)(C)OC(=O)NCCCCC(N[C-]=O)C(=O)OC(C)(C)C.[Fm]. The van der Waals surface area contributed by atoms with E-state index in [1.807, 2.05) is 0 Å². The van der Waals surface area contributed by atoms with E-state index in [0.717, 1.165) is 0 Å². The number of hydrogen-bond acceptors (Lipinski definition) is 5. The molecule has 146 valence electrons. The fourth-order valence-electron chi connectivity index (χ4n) is 1.67. The first kappa shape index (κ1) is 23.5. The Hall–Kier alpha value is -2.79. The van der Waals surface area contributed by atoms with Crippen molar-refractivity contribution in [2.45, 2.75) is 78.0 Å². The first-order chi connectivity index (χ1) is 10.4. The van der Waals surface area contributed by atoms with Gasteiger partial charge in [-0.15, -0.1) is 0 Å². The monoisotopic (exact) mass is 586 g/mol. The second kappa shape index (κ2) is 10.1. The summed E-state index contributed by atoms with van der Waals surface area (Å²) in [6.45, 7) is 11.1. The molecule has 0 bridgehead atoms. The second-order valence-electron chi connectivity index (χ2n) is 7.26. The molecule has 0 aromatic rings. The summed E-state index contributed by atoms with van der Waals surface area (Å²) in [6.07, 6.45) is 2.76. The van der Waals surface area contributed by atoms with Gasteiger partial charge in [0.2, 0.25) is 0 Å². The predicted octanol–water partition coefficient (Wildman–Crippen LogP) is 2.05. The first-order valence-electron chi connectivity index (χ1n) is 7.77. The predicted molar refractivity (Wildman–Crippen MR) is 86.5 cm³/mol. The molecule has 0 saturated carbocycles. The molecule has 0 aromatic heterocycles. The van der Waals surface area contributed by atoms with Crippen LogP contribution in [0.2, 0.25) is 0 Å². The molecule has 0 heterocycles. The topological polar surface area (TPSA) is 93.7 Å². The van der Waals surface area contributed by atoms with Gasteiger partial charge in [0.1, 0.15) is 11.2 Å². The average molecular weight is 586 g/mol. The third kappa shape index (κ3) is 12.9. The number of carbonyl (C=O) groups is 2. The summed E-state index contributed by atoms with van der Waals surface area (Å²) < 4.78 is 10.3. The minimum Gasteiger partial charge on any atom is -0.520 e. The van der Waals surface area contributed by atoms with Crippen LogP contribution in [0.25, 0.3) is 0 Å². The maximum atomic E-state index is 11.9. The van der Waals surface area contributed by atoms with Crippen LogP contribution in [0.1, 0.15) is 60.8 Å². The van der Waals surface area contributed by atoms with E-state index < -0.39 is 29.3 Å². The largest absolute Gasteiger partial charge is 0.520 e. The van der Waals surface area contributed by atoms with Crippen LogP contribution in [0.5, 0.6) is 0 Å². The molecule has 8 heteroatoms. The van der Waals surface area contributed by atoms with Gasteiger partial charge in [-0.1, -0.05) is 0 Å². The van der Waals surface area contributed by atoms with Crippen LogP contribution in [-0.4, -0.2) is 42.3 Å². The third-order valence-corrected chi connectivity index (χ3v) is 2.51. The van der Waals surface area contributed by atoms with Crippen molar-refractivity contribution in [3.05, 3.63) is 0 Å². The van der Waals surface area contributed by atoms with Gasteiger partial charge in [0.15, 0.2) is 0 Å². The Balaban J connectivity index is 0. The molecule has 0 aromatic carbocycles. The summed E-state index contributed by atoms with van der Waals surface area (Å²) in [6, 6.07) is -0.728. The van der Waals surface area contributed by atoms with Crippen LogP contribution in [0, 0.1) is 0 Å². The molecule has 0 aliphatic rings. The Morgan fingerprint density at radius 3 is 2.00 bits per heavy atom. The fraction of sp³-hybridized carbons (Fsp3) is 0.812. The molecule has 0 saturated heterocycles.